The fourth-order valence-electron chi connectivity index (χ4n) is 14.3. The summed E-state index contributed by atoms with van der Waals surface area (Å²) >= 11 is 0. The molecule has 2 aromatic heterocycles. The van der Waals surface area contributed by atoms with Gasteiger partial charge in [0.05, 0.1) is 0 Å². The van der Waals surface area contributed by atoms with Gasteiger partial charge < -0.3 is 61.0 Å². The molecule has 0 amide bonds. The van der Waals surface area contributed by atoms with Crippen LogP contribution in [0, 0.1) is 0 Å². The summed E-state index contributed by atoms with van der Waals surface area (Å²) in [5.74, 6) is 1.84. The molecule has 20 heteroatoms. The third kappa shape index (κ3) is 16.6. The van der Waals surface area contributed by atoms with E-state index >= 15 is 0 Å². The van der Waals surface area contributed by atoms with E-state index in [0.717, 1.165) is 51.4 Å². The highest BCUT2D eigenvalue weighted by atomic mass is 16.6. The topological polar surface area (TPSA) is 215 Å². The van der Waals surface area contributed by atoms with Crippen LogP contribution in [0.1, 0.15) is 190 Å². The summed E-state index contributed by atoms with van der Waals surface area (Å²) in [6.45, 7) is 46.7. The Balaban J connectivity index is 1.13. The van der Waals surface area contributed by atoms with E-state index in [1.54, 1.807) is 0 Å². The lowest BCUT2D eigenvalue weighted by Crippen LogP contribution is -2.62. The SMILES string of the molecule is CCN(c1nc(NCC(=O)OCCOC(=O)CNc2nc(N(CC)C3CC(C)(C)NC(C)(C)C3)nc(N(CC)C3CC(C)(C)NC(C)(C)C3)n2)nc(N(CC)C2CC(C)(C)NC(C)(C)C2)n1)C1CC(C)(C)NC(C)(C)C1. The summed E-state index contributed by atoms with van der Waals surface area (Å²) in [5, 5.41) is 21.6. The van der Waals surface area contributed by atoms with Crippen LogP contribution in [-0.4, -0.2) is 163 Å². The van der Waals surface area contributed by atoms with Gasteiger partial charge in [0.25, 0.3) is 0 Å². The van der Waals surface area contributed by atoms with E-state index in [1.807, 2.05) is 0 Å². The number of carbonyl (C=O) groups is 2. The highest BCUT2D eigenvalue weighted by molar-refractivity contribution is 5.75. The van der Waals surface area contributed by atoms with Crippen molar-refractivity contribution in [1.82, 2.24) is 51.2 Å². The molecule has 0 atom stereocenters. The first kappa shape index (κ1) is 60.8. The van der Waals surface area contributed by atoms with Crippen molar-refractivity contribution >= 4 is 47.6 Å². The number of anilines is 6. The van der Waals surface area contributed by atoms with Gasteiger partial charge in [-0.1, -0.05) is 0 Å². The second kappa shape index (κ2) is 23.1. The second-order valence-corrected chi connectivity index (χ2v) is 27.6. The molecule has 6 heterocycles. The van der Waals surface area contributed by atoms with Crippen LogP contribution in [0.5, 0.6) is 0 Å². The molecule has 0 unspecified atom stereocenters. The predicted molar refractivity (Wildman–Crippen MR) is 308 cm³/mol. The van der Waals surface area contributed by atoms with Crippen LogP contribution in [-0.2, 0) is 19.1 Å². The van der Waals surface area contributed by atoms with E-state index < -0.39 is 11.9 Å². The Labute approximate surface area is 457 Å². The molecule has 6 N–H and O–H groups in total. The highest BCUT2D eigenvalue weighted by Crippen LogP contribution is 2.38. The minimum atomic E-state index is -0.534. The summed E-state index contributed by atoms with van der Waals surface area (Å²) in [5.41, 5.74) is -0.718. The predicted octanol–water partition coefficient (Wildman–Crippen LogP) is 7.21. The van der Waals surface area contributed by atoms with Gasteiger partial charge in [-0.25, -0.2) is 0 Å². The number of nitrogens with zero attached hydrogens (tertiary/aromatic N) is 10. The van der Waals surface area contributed by atoms with Gasteiger partial charge in [-0.05, 0) is 190 Å². The van der Waals surface area contributed by atoms with E-state index in [-0.39, 0.29) is 94.8 Å². The molecule has 2 aromatic rings. The first-order valence-corrected chi connectivity index (χ1v) is 28.6. The average molecular weight is 1060 g/mol. The third-order valence-electron chi connectivity index (χ3n) is 15.4. The Morgan fingerprint density at radius 1 is 0.395 bits per heavy atom. The van der Waals surface area contributed by atoms with Crippen molar-refractivity contribution in [2.75, 3.05) is 82.7 Å². The molecule has 0 radical (unpaired) electrons. The highest BCUT2D eigenvalue weighted by Gasteiger charge is 2.45. The molecule has 20 nitrogen and oxygen atoms in total. The molecular formula is C56H102N16O4. The van der Waals surface area contributed by atoms with Gasteiger partial charge in [-0.3, -0.25) is 9.59 Å². The van der Waals surface area contributed by atoms with Crippen LogP contribution in [0.15, 0.2) is 0 Å². The van der Waals surface area contributed by atoms with E-state index in [4.69, 9.17) is 39.4 Å². The molecule has 430 valence electrons. The zero-order valence-corrected chi connectivity index (χ0v) is 50.7. The zero-order chi connectivity index (χ0) is 56.5. The maximum Gasteiger partial charge on any atom is 0.325 e. The first-order valence-electron chi connectivity index (χ1n) is 28.6. The number of ether oxygens (including phenoxy) is 2. The zero-order valence-electron chi connectivity index (χ0n) is 50.7. The normalized spacial score (nSPS) is 22.7. The van der Waals surface area contributed by atoms with Gasteiger partial charge in [0.1, 0.15) is 26.3 Å². The number of rotatable bonds is 21. The van der Waals surface area contributed by atoms with Crippen LogP contribution >= 0.6 is 0 Å². The summed E-state index contributed by atoms with van der Waals surface area (Å²) in [7, 11) is 0. The molecule has 6 rings (SSSR count). The standard InChI is InChI=1S/C56H102N16O4/c1-21-69(37-27-49(5,6)65-50(7,8)28-37)45-59-43(60-46(63-45)70(22-2)38-29-51(9,10)66-52(11,12)30-38)57-35-41(73)75-25-26-76-42(74)36-58-44-61-47(71(23-3)39-31-53(13,14)67-54(15,16)32-39)64-48(62-44)72(24-4)40-33-55(17,18)68-56(19,20)34-40/h37-40,65-68H,21-36H2,1-20H3,(H,57,59,60,63)(H,58,61,62,64). The number of carbonyl (C=O) groups excluding carboxylic acids is 2. The summed E-state index contributed by atoms with van der Waals surface area (Å²) in [4.78, 5) is 66.1. The Bertz CT molecular complexity index is 1950. The van der Waals surface area contributed by atoms with Gasteiger partial charge >= 0.3 is 11.9 Å². The molecular weight excluding hydrogens is 961 g/mol. The molecule has 0 aliphatic carbocycles. The van der Waals surface area contributed by atoms with Crippen molar-refractivity contribution in [2.45, 2.75) is 258 Å². The first-order chi connectivity index (χ1) is 35.1. The van der Waals surface area contributed by atoms with Crippen molar-refractivity contribution in [3.63, 3.8) is 0 Å². The lowest BCUT2D eigenvalue weighted by atomic mass is 9.79. The van der Waals surface area contributed by atoms with Crippen LogP contribution in [0.25, 0.3) is 0 Å². The Morgan fingerprint density at radius 2 is 0.592 bits per heavy atom. The van der Waals surface area contributed by atoms with Crippen molar-refractivity contribution < 1.29 is 19.1 Å². The number of hydrogen-bond donors (Lipinski definition) is 6. The van der Waals surface area contributed by atoms with Gasteiger partial charge in [0.2, 0.25) is 35.7 Å². The molecule has 76 heavy (non-hydrogen) atoms. The molecule has 4 aliphatic heterocycles. The quantitative estimate of drug-likeness (QED) is 0.0538. The van der Waals surface area contributed by atoms with Crippen molar-refractivity contribution in [1.29, 1.82) is 0 Å². The number of aromatic nitrogens is 6. The van der Waals surface area contributed by atoms with Gasteiger partial charge in [-0.15, -0.1) is 0 Å². The van der Waals surface area contributed by atoms with Gasteiger partial charge in [0.15, 0.2) is 0 Å². The molecule has 4 saturated heterocycles. The molecule has 4 fully saturated rings. The summed E-state index contributed by atoms with van der Waals surface area (Å²) < 4.78 is 11.2. The number of piperidine rings is 4. The largest absolute Gasteiger partial charge is 0.461 e. The lowest BCUT2D eigenvalue weighted by molar-refractivity contribution is -0.150. The number of esters is 2. The Morgan fingerprint density at radius 3 is 0.776 bits per heavy atom. The molecule has 4 aliphatic rings. The third-order valence-corrected chi connectivity index (χ3v) is 15.4. The van der Waals surface area contributed by atoms with E-state index in [1.165, 1.54) is 0 Å². The number of nitrogens with one attached hydrogen (secondary N) is 6. The maximum atomic E-state index is 13.3. The molecule has 0 saturated carbocycles. The second-order valence-electron chi connectivity index (χ2n) is 27.6. The van der Waals surface area contributed by atoms with Gasteiger partial charge in [0, 0.05) is 94.7 Å². The van der Waals surface area contributed by atoms with E-state index in [2.05, 4.69) is 190 Å². The molecule has 0 spiro atoms. The van der Waals surface area contributed by atoms with E-state index in [9.17, 15) is 9.59 Å². The Hall–Kier alpha value is -4.40. The Kier molecular flexibility index (Phi) is 18.5. The average Bonchev–Trinajstić information content (AvgIpc) is 3.23. The van der Waals surface area contributed by atoms with Crippen LogP contribution in [0.2, 0.25) is 0 Å². The number of hydrogen-bond acceptors (Lipinski definition) is 20. The van der Waals surface area contributed by atoms with Crippen molar-refractivity contribution in [3.8, 4) is 0 Å². The van der Waals surface area contributed by atoms with Crippen LogP contribution in [0.3, 0.4) is 0 Å². The lowest BCUT2D eigenvalue weighted by Gasteiger charge is -2.50. The fraction of sp³-hybridized carbons (Fsp3) is 0.857. The van der Waals surface area contributed by atoms with E-state index in [0.29, 0.717) is 61.9 Å². The molecule has 0 aromatic carbocycles. The summed E-state index contributed by atoms with van der Waals surface area (Å²) in [6.07, 6.45) is 7.30. The van der Waals surface area contributed by atoms with Crippen LogP contribution < -0.4 is 51.5 Å². The van der Waals surface area contributed by atoms with Gasteiger partial charge in [-0.2, -0.15) is 29.9 Å². The van der Waals surface area contributed by atoms with Crippen molar-refractivity contribution in [2.24, 2.45) is 0 Å². The maximum absolute atomic E-state index is 13.3. The summed E-state index contributed by atoms with van der Waals surface area (Å²) in [6, 6.07) is 0.699. The molecule has 0 bridgehead atoms. The fourth-order valence-corrected chi connectivity index (χ4v) is 14.3. The minimum absolute atomic E-state index is 0.0898. The monoisotopic (exact) mass is 1060 g/mol. The van der Waals surface area contributed by atoms with Crippen LogP contribution in [0.4, 0.5) is 35.7 Å². The minimum Gasteiger partial charge on any atom is -0.461 e. The smallest absolute Gasteiger partial charge is 0.325 e. The van der Waals surface area contributed by atoms with Crippen molar-refractivity contribution in [3.05, 3.63) is 0 Å².